The predicted molar refractivity (Wildman–Crippen MR) is 77.6 cm³/mol. The zero-order valence-corrected chi connectivity index (χ0v) is 12.8. The van der Waals surface area contributed by atoms with Gasteiger partial charge in [-0.2, -0.15) is 4.98 Å². The van der Waals surface area contributed by atoms with Gasteiger partial charge in [0.25, 0.3) is 0 Å². The molecule has 0 unspecified atom stereocenters. The van der Waals surface area contributed by atoms with E-state index in [1.807, 2.05) is 12.2 Å². The summed E-state index contributed by atoms with van der Waals surface area (Å²) in [5, 5.41) is 13.2. The fourth-order valence-electron chi connectivity index (χ4n) is 2.12. The number of allylic oxidation sites excluding steroid dienone is 2. The number of hydrogen-bond donors (Lipinski definition) is 1. The summed E-state index contributed by atoms with van der Waals surface area (Å²) in [5.41, 5.74) is 0. The Hall–Kier alpha value is -1.30. The zero-order valence-electron chi connectivity index (χ0n) is 12.0. The van der Waals surface area contributed by atoms with E-state index in [-0.39, 0.29) is 10.7 Å². The van der Waals surface area contributed by atoms with Crippen LogP contribution in [0.15, 0.2) is 16.7 Å². The van der Waals surface area contributed by atoms with Crippen LogP contribution in [-0.4, -0.2) is 26.0 Å². The van der Waals surface area contributed by atoms with Crippen LogP contribution >= 0.6 is 11.8 Å². The van der Waals surface area contributed by atoms with Gasteiger partial charge >= 0.3 is 5.97 Å². The molecule has 0 saturated carbocycles. The maximum absolute atomic E-state index is 11.3. The van der Waals surface area contributed by atoms with Gasteiger partial charge in [0.1, 0.15) is 0 Å². The standard InChI is InChI=1S/C14H20N2O3S/c1-14(2,3)20-8-11-15-12(19-16-11)9-6-4-5-7-10(9)13(17)18/h4-5,9-10H,6-8H2,1-3H3,(H,17,18)/t9-,10+/m1/s1. The van der Waals surface area contributed by atoms with Gasteiger partial charge in [-0.1, -0.05) is 38.1 Å². The molecular formula is C14H20N2O3S. The monoisotopic (exact) mass is 296 g/mol. The Labute approximate surface area is 122 Å². The Morgan fingerprint density at radius 3 is 2.80 bits per heavy atom. The van der Waals surface area contributed by atoms with Crippen molar-refractivity contribution in [3.05, 3.63) is 23.9 Å². The first kappa shape index (κ1) is 15.1. The van der Waals surface area contributed by atoms with E-state index in [2.05, 4.69) is 30.9 Å². The van der Waals surface area contributed by atoms with Crippen LogP contribution in [0.3, 0.4) is 0 Å². The van der Waals surface area contributed by atoms with E-state index in [1.165, 1.54) is 0 Å². The second kappa shape index (κ2) is 5.99. The summed E-state index contributed by atoms with van der Waals surface area (Å²) in [6.07, 6.45) is 5.05. The van der Waals surface area contributed by atoms with Crippen LogP contribution in [0.2, 0.25) is 0 Å². The van der Waals surface area contributed by atoms with E-state index in [9.17, 15) is 9.90 Å². The molecule has 0 saturated heterocycles. The maximum atomic E-state index is 11.3. The number of hydrogen-bond acceptors (Lipinski definition) is 5. The molecule has 0 aromatic carbocycles. The lowest BCUT2D eigenvalue weighted by Crippen LogP contribution is -2.23. The van der Waals surface area contributed by atoms with Crippen LogP contribution in [0, 0.1) is 5.92 Å². The number of nitrogens with zero attached hydrogens (tertiary/aromatic N) is 2. The Morgan fingerprint density at radius 2 is 2.15 bits per heavy atom. The molecule has 6 heteroatoms. The van der Waals surface area contributed by atoms with E-state index in [4.69, 9.17) is 4.52 Å². The molecule has 2 atom stereocenters. The number of aliphatic carboxylic acids is 1. The van der Waals surface area contributed by atoms with Gasteiger partial charge < -0.3 is 9.63 Å². The maximum Gasteiger partial charge on any atom is 0.307 e. The Bertz CT molecular complexity index is 505. The van der Waals surface area contributed by atoms with E-state index in [0.29, 0.717) is 30.3 Å². The van der Waals surface area contributed by atoms with E-state index < -0.39 is 11.9 Å². The van der Waals surface area contributed by atoms with Gasteiger partial charge in [0.05, 0.1) is 17.6 Å². The van der Waals surface area contributed by atoms with Crippen molar-refractivity contribution in [3.63, 3.8) is 0 Å². The number of rotatable bonds is 4. The summed E-state index contributed by atoms with van der Waals surface area (Å²) in [7, 11) is 0. The lowest BCUT2D eigenvalue weighted by molar-refractivity contribution is -0.142. The molecule has 0 amide bonds. The minimum Gasteiger partial charge on any atom is -0.481 e. The molecule has 0 spiro atoms. The van der Waals surface area contributed by atoms with Gasteiger partial charge in [0, 0.05) is 4.75 Å². The molecule has 1 aromatic heterocycles. The number of thioether (sulfide) groups is 1. The van der Waals surface area contributed by atoms with Crippen LogP contribution in [0.4, 0.5) is 0 Å². The first-order valence-corrected chi connectivity index (χ1v) is 7.69. The largest absolute Gasteiger partial charge is 0.481 e. The molecule has 2 rings (SSSR count). The van der Waals surface area contributed by atoms with Crippen molar-refractivity contribution >= 4 is 17.7 Å². The fourth-order valence-corrected chi connectivity index (χ4v) is 2.80. The molecule has 1 aliphatic rings. The molecule has 1 aromatic rings. The Kier molecular flexibility index (Phi) is 4.52. The summed E-state index contributed by atoms with van der Waals surface area (Å²) in [5.74, 6) is 0.280. The topological polar surface area (TPSA) is 76.2 Å². The third kappa shape index (κ3) is 3.85. The first-order chi connectivity index (χ1) is 9.37. The SMILES string of the molecule is CC(C)(C)SCc1noc([C@@H]2CC=CC[C@@H]2C(=O)O)n1. The zero-order chi connectivity index (χ0) is 14.8. The highest BCUT2D eigenvalue weighted by Crippen LogP contribution is 2.34. The molecule has 0 aliphatic heterocycles. The first-order valence-electron chi connectivity index (χ1n) is 6.71. The molecule has 0 bridgehead atoms. The van der Waals surface area contributed by atoms with E-state index in [0.717, 1.165) is 0 Å². The lowest BCUT2D eigenvalue weighted by atomic mass is 9.83. The second-order valence-electron chi connectivity index (χ2n) is 5.94. The van der Waals surface area contributed by atoms with Crippen molar-refractivity contribution in [3.8, 4) is 0 Å². The summed E-state index contributed by atoms with van der Waals surface area (Å²) < 4.78 is 5.41. The summed E-state index contributed by atoms with van der Waals surface area (Å²) in [4.78, 5) is 15.6. The minimum atomic E-state index is -0.803. The van der Waals surface area contributed by atoms with Crippen molar-refractivity contribution in [2.45, 2.75) is 50.0 Å². The van der Waals surface area contributed by atoms with Crippen LogP contribution < -0.4 is 0 Å². The van der Waals surface area contributed by atoms with Crippen molar-refractivity contribution in [1.29, 1.82) is 0 Å². The molecular weight excluding hydrogens is 276 g/mol. The smallest absolute Gasteiger partial charge is 0.307 e. The van der Waals surface area contributed by atoms with Crippen LogP contribution in [-0.2, 0) is 10.5 Å². The highest BCUT2D eigenvalue weighted by Gasteiger charge is 2.33. The fraction of sp³-hybridized carbons (Fsp3) is 0.643. The van der Waals surface area contributed by atoms with E-state index >= 15 is 0 Å². The van der Waals surface area contributed by atoms with Crippen molar-refractivity contribution < 1.29 is 14.4 Å². The van der Waals surface area contributed by atoms with Gasteiger partial charge in [-0.25, -0.2) is 0 Å². The quantitative estimate of drug-likeness (QED) is 0.860. The molecule has 1 N–H and O–H groups in total. The van der Waals surface area contributed by atoms with Gasteiger partial charge in [0.2, 0.25) is 5.89 Å². The summed E-state index contributed by atoms with van der Waals surface area (Å²) in [6, 6.07) is 0. The molecule has 110 valence electrons. The normalized spacial score (nSPS) is 22.9. The Balaban J connectivity index is 2.07. The molecule has 20 heavy (non-hydrogen) atoms. The molecule has 1 heterocycles. The van der Waals surface area contributed by atoms with E-state index in [1.54, 1.807) is 11.8 Å². The van der Waals surface area contributed by atoms with Crippen molar-refractivity contribution in [1.82, 2.24) is 10.1 Å². The van der Waals surface area contributed by atoms with Gasteiger partial charge in [-0.05, 0) is 12.8 Å². The van der Waals surface area contributed by atoms with Crippen molar-refractivity contribution in [2.24, 2.45) is 5.92 Å². The van der Waals surface area contributed by atoms with Crippen LogP contribution in [0.1, 0.15) is 51.2 Å². The van der Waals surface area contributed by atoms with Crippen LogP contribution in [0.25, 0.3) is 0 Å². The Morgan fingerprint density at radius 1 is 1.45 bits per heavy atom. The van der Waals surface area contributed by atoms with Crippen molar-refractivity contribution in [2.75, 3.05) is 0 Å². The highest BCUT2D eigenvalue weighted by atomic mass is 32.2. The average Bonchev–Trinajstić information content (AvgIpc) is 2.84. The minimum absolute atomic E-state index is 0.137. The number of carboxylic acids is 1. The van der Waals surface area contributed by atoms with Gasteiger partial charge in [-0.3, -0.25) is 4.79 Å². The number of carbonyl (C=O) groups is 1. The second-order valence-corrected chi connectivity index (χ2v) is 7.75. The van der Waals surface area contributed by atoms with Crippen LogP contribution in [0.5, 0.6) is 0 Å². The predicted octanol–water partition coefficient (Wildman–Crippen LogP) is 3.24. The summed E-state index contributed by atoms with van der Waals surface area (Å²) >= 11 is 1.74. The third-order valence-corrected chi connectivity index (χ3v) is 4.45. The van der Waals surface area contributed by atoms with Gasteiger partial charge in [0.15, 0.2) is 5.82 Å². The lowest BCUT2D eigenvalue weighted by Gasteiger charge is -2.21. The molecule has 0 radical (unpaired) electrons. The average molecular weight is 296 g/mol. The number of aromatic nitrogens is 2. The molecule has 0 fully saturated rings. The third-order valence-electron chi connectivity index (χ3n) is 3.18. The van der Waals surface area contributed by atoms with Gasteiger partial charge in [-0.15, -0.1) is 11.8 Å². The summed E-state index contributed by atoms with van der Waals surface area (Å²) in [6.45, 7) is 6.39. The number of carboxylic acid groups (broad SMARTS) is 1. The molecule has 1 aliphatic carbocycles. The highest BCUT2D eigenvalue weighted by molar-refractivity contribution is 7.99. The molecule has 5 nitrogen and oxygen atoms in total.